The normalized spacial score (nSPS) is 19.7. The van der Waals surface area contributed by atoms with Gasteiger partial charge in [0, 0.05) is 18.6 Å². The van der Waals surface area contributed by atoms with E-state index in [1.54, 1.807) is 0 Å². The molecule has 1 unspecified atom stereocenters. The molecule has 0 amide bonds. The fourth-order valence-corrected chi connectivity index (χ4v) is 3.15. The first-order valence-corrected chi connectivity index (χ1v) is 8.64. The molecule has 0 bridgehead atoms. The van der Waals surface area contributed by atoms with Crippen LogP contribution in [0, 0.1) is 17.2 Å². The van der Waals surface area contributed by atoms with Gasteiger partial charge < -0.3 is 0 Å². The van der Waals surface area contributed by atoms with E-state index in [0.29, 0.717) is 0 Å². The molecule has 3 rings (SSSR count). The molecule has 128 valence electrons. The molecule has 5 nitrogen and oxygen atoms in total. The molecular weight excluding hydrogens is 330 g/mol. The quantitative estimate of drug-likeness (QED) is 0.636. The number of hydrogen-bond acceptors (Lipinski definition) is 4. The summed E-state index contributed by atoms with van der Waals surface area (Å²) in [6.07, 6.45) is 0. The molecule has 0 radical (unpaired) electrons. The summed E-state index contributed by atoms with van der Waals surface area (Å²) in [5, 5.41) is 0. The van der Waals surface area contributed by atoms with E-state index in [2.05, 4.69) is 80.9 Å². The topological polar surface area (TPSA) is 95.2 Å². The number of nitrogens with zero attached hydrogens (tertiary/aromatic N) is 1. The van der Waals surface area contributed by atoms with E-state index >= 15 is 0 Å². The molecule has 0 spiro atoms. The maximum Gasteiger partial charge on any atom is 0.209 e. The smallest absolute Gasteiger partial charge is 0.209 e. The van der Waals surface area contributed by atoms with Gasteiger partial charge in [0.15, 0.2) is 5.71 Å². The Morgan fingerprint density at radius 2 is 1.38 bits per heavy atom. The minimum atomic E-state index is -4.94. The van der Waals surface area contributed by atoms with Gasteiger partial charge in [-0.2, -0.15) is 0 Å². The Kier molecular flexibility index (Phi) is 5.13. The molecule has 1 heterocycles. The minimum Gasteiger partial charge on any atom is -0.222 e. The number of halogens is 1. The highest BCUT2D eigenvalue weighted by atomic mass is 35.7. The van der Waals surface area contributed by atoms with E-state index in [0.717, 1.165) is 0 Å². The molecular formula is C18H20ClNO4. The van der Waals surface area contributed by atoms with Crippen LogP contribution in [0.15, 0.2) is 48.5 Å². The van der Waals surface area contributed by atoms with E-state index in [1.165, 1.54) is 28.1 Å². The Hall–Kier alpha value is -1.76. The van der Waals surface area contributed by atoms with E-state index in [-0.39, 0.29) is 5.41 Å². The summed E-state index contributed by atoms with van der Waals surface area (Å²) in [4.78, 5) is 0. The predicted octanol–water partition coefficient (Wildman–Crippen LogP) is -0.707. The van der Waals surface area contributed by atoms with Crippen LogP contribution in [-0.4, -0.2) is 17.3 Å². The molecule has 0 fully saturated rings. The minimum absolute atomic E-state index is 0.0148. The van der Waals surface area contributed by atoms with Crippen molar-refractivity contribution < 1.29 is 33.5 Å². The first-order valence-electron chi connectivity index (χ1n) is 7.41. The van der Waals surface area contributed by atoms with Crippen molar-refractivity contribution in [1.29, 1.82) is 0 Å². The molecule has 0 aromatic heterocycles. The summed E-state index contributed by atoms with van der Waals surface area (Å²) in [5.41, 5.74) is 6.77. The molecule has 24 heavy (non-hydrogen) atoms. The van der Waals surface area contributed by atoms with Crippen molar-refractivity contribution in [3.05, 3.63) is 65.2 Å². The summed E-state index contributed by atoms with van der Waals surface area (Å²) in [6, 6.07) is 17.6. The zero-order valence-corrected chi connectivity index (χ0v) is 14.8. The van der Waals surface area contributed by atoms with E-state index < -0.39 is 10.2 Å². The van der Waals surface area contributed by atoms with Crippen molar-refractivity contribution in [2.75, 3.05) is 7.05 Å². The number of fused-ring (bicyclic) bond motifs is 1. The second-order valence-electron chi connectivity index (χ2n) is 6.03. The van der Waals surface area contributed by atoms with Crippen molar-refractivity contribution in [3.8, 4) is 0 Å². The summed E-state index contributed by atoms with van der Waals surface area (Å²) in [6.45, 7) is 6.70. The fourth-order valence-electron chi connectivity index (χ4n) is 3.15. The zero-order valence-electron chi connectivity index (χ0n) is 14.1. The van der Waals surface area contributed by atoms with Crippen LogP contribution in [0.1, 0.15) is 30.5 Å². The van der Waals surface area contributed by atoms with Crippen LogP contribution in [0.3, 0.4) is 0 Å². The largest absolute Gasteiger partial charge is 0.222 e. The van der Waals surface area contributed by atoms with E-state index in [4.69, 9.17) is 18.6 Å². The summed E-state index contributed by atoms with van der Waals surface area (Å²) in [7, 11) is -2.78. The van der Waals surface area contributed by atoms with Gasteiger partial charge in [-0.1, -0.05) is 48.0 Å². The Bertz CT molecular complexity index is 759. The highest BCUT2D eigenvalue weighted by Gasteiger charge is 2.46. The standard InChI is InChI=1S/C18H20N.ClHO4/c1-13-9-11-15(12-10-13)18(3)14(2)19(4)17-8-6-5-7-16(17)18;2-1(3,4)5/h5-12H,1-4H3;(H,2,3,4,5)/q+1;/p-1. The highest BCUT2D eigenvalue weighted by Crippen LogP contribution is 2.43. The van der Waals surface area contributed by atoms with Gasteiger partial charge >= 0.3 is 0 Å². The number of para-hydroxylation sites is 1. The predicted molar refractivity (Wildman–Crippen MR) is 80.6 cm³/mol. The maximum atomic E-state index is 8.49. The van der Waals surface area contributed by atoms with E-state index in [1.807, 2.05) is 0 Å². The Labute approximate surface area is 143 Å². The average molecular weight is 350 g/mol. The molecule has 2 aromatic carbocycles. The van der Waals surface area contributed by atoms with Crippen LogP contribution in [0.5, 0.6) is 0 Å². The third kappa shape index (κ3) is 3.66. The van der Waals surface area contributed by atoms with Gasteiger partial charge in [0.1, 0.15) is 12.5 Å². The summed E-state index contributed by atoms with van der Waals surface area (Å²) >= 11 is 0. The molecule has 0 N–H and O–H groups in total. The van der Waals surface area contributed by atoms with Gasteiger partial charge in [0.05, 0.1) is 0 Å². The molecule has 1 aliphatic rings. The Morgan fingerprint density at radius 1 is 0.875 bits per heavy atom. The molecule has 0 saturated heterocycles. The molecule has 0 saturated carbocycles. The van der Waals surface area contributed by atoms with Crippen LogP contribution in [0.2, 0.25) is 0 Å². The third-order valence-corrected chi connectivity index (χ3v) is 4.66. The van der Waals surface area contributed by atoms with Crippen molar-refractivity contribution in [3.63, 3.8) is 0 Å². The monoisotopic (exact) mass is 349 g/mol. The van der Waals surface area contributed by atoms with Crippen LogP contribution in [0.25, 0.3) is 0 Å². The fraction of sp³-hybridized carbons (Fsp3) is 0.278. The lowest BCUT2D eigenvalue weighted by atomic mass is 9.74. The summed E-state index contributed by atoms with van der Waals surface area (Å²) in [5.74, 6) is 0. The van der Waals surface area contributed by atoms with Gasteiger partial charge in [0.2, 0.25) is 5.69 Å². The first kappa shape index (κ1) is 18.6. The van der Waals surface area contributed by atoms with Crippen LogP contribution >= 0.6 is 0 Å². The average Bonchev–Trinajstić information content (AvgIpc) is 2.70. The number of benzene rings is 2. The number of rotatable bonds is 1. The molecule has 0 aliphatic carbocycles. The van der Waals surface area contributed by atoms with Crippen molar-refractivity contribution in [1.82, 2.24) is 0 Å². The first-order chi connectivity index (χ1) is 11.0. The molecule has 1 atom stereocenters. The van der Waals surface area contributed by atoms with Gasteiger partial charge in [-0.3, -0.25) is 0 Å². The van der Waals surface area contributed by atoms with Crippen molar-refractivity contribution in [2.45, 2.75) is 26.2 Å². The van der Waals surface area contributed by atoms with Gasteiger partial charge in [0.25, 0.3) is 0 Å². The summed E-state index contributed by atoms with van der Waals surface area (Å²) < 4.78 is 36.3. The SMILES string of the molecule is CC1=[N+](C)c2ccccc2C1(C)c1ccc(C)cc1.[O-][Cl+3]([O-])([O-])[O-]. The van der Waals surface area contributed by atoms with Crippen LogP contribution in [-0.2, 0) is 5.41 Å². The zero-order chi connectivity index (χ0) is 18.1. The molecule has 2 aromatic rings. The lowest BCUT2D eigenvalue weighted by Gasteiger charge is -2.23. The highest BCUT2D eigenvalue weighted by molar-refractivity contribution is 5.97. The van der Waals surface area contributed by atoms with Gasteiger partial charge in [-0.05, 0) is 19.4 Å². The number of aryl methyl sites for hydroxylation is 1. The van der Waals surface area contributed by atoms with Gasteiger partial charge in [-0.15, -0.1) is 10.2 Å². The van der Waals surface area contributed by atoms with Crippen LogP contribution in [0.4, 0.5) is 5.69 Å². The maximum absolute atomic E-state index is 8.49. The van der Waals surface area contributed by atoms with Crippen molar-refractivity contribution in [2.24, 2.45) is 0 Å². The van der Waals surface area contributed by atoms with Crippen molar-refractivity contribution >= 4 is 11.4 Å². The number of hydrogen-bond donors (Lipinski definition) is 0. The lowest BCUT2D eigenvalue weighted by Crippen LogP contribution is -2.68. The Morgan fingerprint density at radius 3 is 1.92 bits per heavy atom. The lowest BCUT2D eigenvalue weighted by molar-refractivity contribution is -2.00. The third-order valence-electron chi connectivity index (χ3n) is 4.66. The van der Waals surface area contributed by atoms with Gasteiger partial charge in [-0.25, -0.2) is 23.2 Å². The van der Waals surface area contributed by atoms with Crippen LogP contribution < -0.4 is 18.6 Å². The molecule has 6 heteroatoms. The second kappa shape index (κ2) is 6.63. The Balaban J connectivity index is 0.000000368. The molecule has 1 aliphatic heterocycles. The second-order valence-corrected chi connectivity index (χ2v) is 6.79. The van der Waals surface area contributed by atoms with E-state index in [9.17, 15) is 0 Å².